The van der Waals surface area contributed by atoms with E-state index in [2.05, 4.69) is 4.98 Å². The molecular weight excluding hydrogens is 328 g/mol. The Morgan fingerprint density at radius 2 is 1.96 bits per heavy atom. The van der Waals surface area contributed by atoms with Crippen molar-refractivity contribution in [1.29, 1.82) is 0 Å². The third-order valence-electron chi connectivity index (χ3n) is 5.69. The first-order valence-corrected chi connectivity index (χ1v) is 9.57. The quantitative estimate of drug-likeness (QED) is 0.878. The molecule has 5 nitrogen and oxygen atoms in total. The molecule has 1 heterocycles. The molecule has 5 heteroatoms. The second kappa shape index (κ2) is 6.78. The summed E-state index contributed by atoms with van der Waals surface area (Å²) in [4.78, 5) is 16.2. The van der Waals surface area contributed by atoms with Gasteiger partial charge in [0.2, 0.25) is 0 Å². The van der Waals surface area contributed by atoms with Crippen LogP contribution in [0.25, 0.3) is 10.9 Å². The van der Waals surface area contributed by atoms with Crippen LogP contribution < -0.4 is 15.2 Å². The van der Waals surface area contributed by atoms with Crippen LogP contribution in [0.4, 0.5) is 0 Å². The topological polar surface area (TPSA) is 74.4 Å². The van der Waals surface area contributed by atoms with Gasteiger partial charge in [0.25, 0.3) is 5.91 Å². The van der Waals surface area contributed by atoms with Gasteiger partial charge in [-0.3, -0.25) is 9.78 Å². The molecule has 2 N–H and O–H groups in total. The first-order valence-electron chi connectivity index (χ1n) is 9.57. The van der Waals surface area contributed by atoms with Gasteiger partial charge in [-0.1, -0.05) is 0 Å². The Morgan fingerprint density at radius 1 is 1.19 bits per heavy atom. The maximum absolute atomic E-state index is 11.8. The van der Waals surface area contributed by atoms with Crippen LogP contribution in [0.1, 0.15) is 56.3 Å². The average Bonchev–Trinajstić information content (AvgIpc) is 2.62. The number of primary amides is 1. The number of benzene rings is 1. The number of carbonyl (C=O) groups is 1. The Balaban J connectivity index is 1.72. The zero-order valence-electron chi connectivity index (χ0n) is 15.4. The lowest BCUT2D eigenvalue weighted by Gasteiger charge is -2.42. The largest absolute Gasteiger partial charge is 0.490 e. The van der Waals surface area contributed by atoms with Gasteiger partial charge in [0.05, 0.1) is 17.2 Å². The lowest BCUT2D eigenvalue weighted by molar-refractivity contribution is 0.0210. The fourth-order valence-electron chi connectivity index (χ4n) is 4.42. The standard InChI is InChI=1S/C21H26N2O3/c1-12(2)25-20-11-15-17(10-16(20)21(22)24)23-8-7-18(15)26-19-9-13-3-5-14(19)6-4-13/h7-8,10-14,19H,3-6,9H2,1-2H3,(H2,22,24). The number of amides is 1. The Labute approximate surface area is 153 Å². The van der Waals surface area contributed by atoms with Crippen molar-refractivity contribution < 1.29 is 14.3 Å². The van der Waals surface area contributed by atoms with Crippen molar-refractivity contribution in [1.82, 2.24) is 4.98 Å². The van der Waals surface area contributed by atoms with Crippen molar-refractivity contribution in [2.24, 2.45) is 17.6 Å². The van der Waals surface area contributed by atoms with Crippen LogP contribution in [-0.4, -0.2) is 23.1 Å². The average molecular weight is 354 g/mol. The SMILES string of the molecule is CC(C)Oc1cc2c(OC3CC4CCC3CC4)ccnc2cc1C(N)=O. The lowest BCUT2D eigenvalue weighted by atomic mass is 9.69. The molecule has 1 atom stereocenters. The number of hydrogen-bond donors (Lipinski definition) is 1. The fourth-order valence-corrected chi connectivity index (χ4v) is 4.42. The van der Waals surface area contributed by atoms with Gasteiger partial charge in [-0.05, 0) is 76.0 Å². The molecule has 3 aliphatic carbocycles. The Kier molecular flexibility index (Phi) is 4.47. The summed E-state index contributed by atoms with van der Waals surface area (Å²) in [6.07, 6.45) is 8.32. The van der Waals surface area contributed by atoms with Gasteiger partial charge in [-0.25, -0.2) is 0 Å². The molecule has 3 aliphatic rings. The summed E-state index contributed by atoms with van der Waals surface area (Å²) in [5.41, 5.74) is 6.59. The van der Waals surface area contributed by atoms with Crippen molar-refractivity contribution >= 4 is 16.8 Å². The van der Waals surface area contributed by atoms with E-state index in [9.17, 15) is 4.79 Å². The van der Waals surface area contributed by atoms with E-state index in [0.29, 0.717) is 22.7 Å². The predicted octanol–water partition coefficient (Wildman–Crippen LogP) is 4.08. The van der Waals surface area contributed by atoms with E-state index < -0.39 is 5.91 Å². The number of hydrogen-bond acceptors (Lipinski definition) is 4. The zero-order valence-corrected chi connectivity index (χ0v) is 15.4. The van der Waals surface area contributed by atoms with Crippen LogP contribution in [-0.2, 0) is 0 Å². The summed E-state index contributed by atoms with van der Waals surface area (Å²) < 4.78 is 12.3. The highest BCUT2D eigenvalue weighted by atomic mass is 16.5. The number of rotatable bonds is 5. The van der Waals surface area contributed by atoms with E-state index in [1.807, 2.05) is 26.0 Å². The van der Waals surface area contributed by atoms with Crippen LogP contribution in [0.5, 0.6) is 11.5 Å². The van der Waals surface area contributed by atoms with Gasteiger partial charge in [0.15, 0.2) is 0 Å². The summed E-state index contributed by atoms with van der Waals surface area (Å²) in [5, 5.41) is 0.870. The van der Waals surface area contributed by atoms with Gasteiger partial charge in [0, 0.05) is 11.6 Å². The second-order valence-electron chi connectivity index (χ2n) is 7.88. The minimum atomic E-state index is -0.514. The fraction of sp³-hybridized carbons (Fsp3) is 0.524. The van der Waals surface area contributed by atoms with E-state index in [1.165, 1.54) is 25.7 Å². The Morgan fingerprint density at radius 3 is 2.58 bits per heavy atom. The molecule has 26 heavy (non-hydrogen) atoms. The number of pyridine rings is 1. The predicted molar refractivity (Wildman–Crippen MR) is 101 cm³/mol. The molecule has 5 rings (SSSR count). The minimum absolute atomic E-state index is 0.0549. The highest BCUT2D eigenvalue weighted by Gasteiger charge is 2.37. The van der Waals surface area contributed by atoms with E-state index in [0.717, 1.165) is 23.5 Å². The van der Waals surface area contributed by atoms with Crippen LogP contribution in [0, 0.1) is 11.8 Å². The minimum Gasteiger partial charge on any atom is -0.490 e. The van der Waals surface area contributed by atoms with Crippen molar-refractivity contribution in [3.63, 3.8) is 0 Å². The summed E-state index contributed by atoms with van der Waals surface area (Å²) in [6.45, 7) is 3.85. The molecule has 0 saturated heterocycles. The molecule has 1 amide bonds. The molecule has 138 valence electrons. The van der Waals surface area contributed by atoms with Gasteiger partial charge in [0.1, 0.15) is 17.6 Å². The number of ether oxygens (including phenoxy) is 2. The summed E-state index contributed by atoms with van der Waals surface area (Å²) in [5.74, 6) is 2.25. The van der Waals surface area contributed by atoms with E-state index in [1.54, 1.807) is 12.3 Å². The molecule has 2 aromatic rings. The van der Waals surface area contributed by atoms with Gasteiger partial charge in [-0.2, -0.15) is 0 Å². The maximum atomic E-state index is 11.8. The zero-order chi connectivity index (χ0) is 18.3. The molecule has 3 fully saturated rings. The third kappa shape index (κ3) is 3.22. The van der Waals surface area contributed by atoms with Crippen molar-refractivity contribution in [3.8, 4) is 11.5 Å². The molecule has 1 unspecified atom stereocenters. The second-order valence-corrected chi connectivity index (χ2v) is 7.88. The molecule has 0 aliphatic heterocycles. The van der Waals surface area contributed by atoms with E-state index >= 15 is 0 Å². The maximum Gasteiger partial charge on any atom is 0.252 e. The Bertz CT molecular complexity index is 825. The first kappa shape index (κ1) is 17.1. The summed E-state index contributed by atoms with van der Waals surface area (Å²) in [7, 11) is 0. The van der Waals surface area contributed by atoms with Crippen molar-refractivity contribution in [3.05, 3.63) is 30.0 Å². The highest BCUT2D eigenvalue weighted by Crippen LogP contribution is 2.43. The number of nitrogens with two attached hydrogens (primary N) is 1. The highest BCUT2D eigenvalue weighted by molar-refractivity contribution is 6.01. The first-order chi connectivity index (χ1) is 12.5. The van der Waals surface area contributed by atoms with Gasteiger partial charge >= 0.3 is 0 Å². The molecule has 3 saturated carbocycles. The molecule has 1 aromatic carbocycles. The van der Waals surface area contributed by atoms with E-state index in [4.69, 9.17) is 15.2 Å². The Hall–Kier alpha value is -2.30. The van der Waals surface area contributed by atoms with Crippen LogP contribution in [0.2, 0.25) is 0 Å². The van der Waals surface area contributed by atoms with Gasteiger partial charge < -0.3 is 15.2 Å². The van der Waals surface area contributed by atoms with Gasteiger partial charge in [-0.15, -0.1) is 0 Å². The van der Waals surface area contributed by atoms with Crippen molar-refractivity contribution in [2.75, 3.05) is 0 Å². The normalized spacial score (nSPS) is 24.8. The lowest BCUT2D eigenvalue weighted by Crippen LogP contribution is -2.38. The molecule has 0 spiro atoms. The molecule has 2 bridgehead atoms. The van der Waals surface area contributed by atoms with Crippen LogP contribution >= 0.6 is 0 Å². The smallest absolute Gasteiger partial charge is 0.252 e. The van der Waals surface area contributed by atoms with E-state index in [-0.39, 0.29) is 12.2 Å². The van der Waals surface area contributed by atoms with Crippen molar-refractivity contribution in [2.45, 2.75) is 58.2 Å². The number of carbonyl (C=O) groups excluding carboxylic acids is 1. The van der Waals surface area contributed by atoms with Crippen LogP contribution in [0.15, 0.2) is 24.4 Å². The molecule has 1 aromatic heterocycles. The molecule has 0 radical (unpaired) electrons. The monoisotopic (exact) mass is 354 g/mol. The molecular formula is C21H26N2O3. The number of nitrogens with zero attached hydrogens (tertiary/aromatic N) is 1. The summed E-state index contributed by atoms with van der Waals surface area (Å²) >= 11 is 0. The number of aromatic nitrogens is 1. The van der Waals surface area contributed by atoms with Crippen LogP contribution in [0.3, 0.4) is 0 Å². The third-order valence-corrected chi connectivity index (χ3v) is 5.69. The summed E-state index contributed by atoms with van der Waals surface area (Å²) in [6, 6.07) is 5.46. The number of fused-ring (bicyclic) bond motifs is 4.